The molecule has 9 nitrogen and oxygen atoms in total. The van der Waals surface area contributed by atoms with Gasteiger partial charge in [-0.1, -0.05) is 24.3 Å². The van der Waals surface area contributed by atoms with E-state index in [9.17, 15) is 18.0 Å². The highest BCUT2D eigenvalue weighted by atomic mass is 35.5. The molecule has 1 aromatic carbocycles. The summed E-state index contributed by atoms with van der Waals surface area (Å²) in [5.74, 6) is 0.654. The van der Waals surface area contributed by atoms with Crippen molar-refractivity contribution in [3.8, 4) is 11.4 Å². The fourth-order valence-corrected chi connectivity index (χ4v) is 5.46. The van der Waals surface area contributed by atoms with E-state index >= 15 is 0 Å². The van der Waals surface area contributed by atoms with Crippen molar-refractivity contribution in [3.05, 3.63) is 53.3 Å². The van der Waals surface area contributed by atoms with Crippen molar-refractivity contribution in [2.75, 3.05) is 4.90 Å². The molecule has 4 rings (SSSR count). The first-order valence-electron chi connectivity index (χ1n) is 13.9. The molecule has 228 valence electrons. The van der Waals surface area contributed by atoms with Crippen molar-refractivity contribution < 1.29 is 22.7 Å². The van der Waals surface area contributed by atoms with Gasteiger partial charge in [0.05, 0.1) is 0 Å². The van der Waals surface area contributed by atoms with Crippen LogP contribution in [-0.4, -0.2) is 59.2 Å². The van der Waals surface area contributed by atoms with Gasteiger partial charge >= 0.3 is 12.3 Å². The zero-order chi connectivity index (χ0) is 31.0. The van der Waals surface area contributed by atoms with Gasteiger partial charge in [-0.15, -0.1) is 0 Å². The lowest BCUT2D eigenvalue weighted by Crippen LogP contribution is -2.56. The summed E-state index contributed by atoms with van der Waals surface area (Å²) in [6.45, 7) is 13.5. The summed E-state index contributed by atoms with van der Waals surface area (Å²) >= 11 is 6.13. The number of aromatic nitrogens is 5. The molecule has 0 aliphatic carbocycles. The summed E-state index contributed by atoms with van der Waals surface area (Å²) in [5.41, 5.74) is -0.0583. The maximum absolute atomic E-state index is 13.4. The van der Waals surface area contributed by atoms with Crippen LogP contribution >= 0.6 is 11.6 Å². The van der Waals surface area contributed by atoms with Crippen molar-refractivity contribution in [1.29, 1.82) is 0 Å². The molecule has 1 amide bonds. The van der Waals surface area contributed by atoms with Crippen LogP contribution in [0.25, 0.3) is 11.4 Å². The van der Waals surface area contributed by atoms with Gasteiger partial charge in [-0.3, -0.25) is 0 Å². The maximum Gasteiger partial charge on any atom is 0.434 e. The smallest absolute Gasteiger partial charge is 0.434 e. The SMILES string of the molecule is CC(C)n1cc(C(F)(F)F)nc1-c1ccc(CN(c2ncnc(Cl)n2)C2C[C@H](C)N(C(=O)OC(C)(C)C)[C@@H](C)C2)cc1. The molecule has 1 fully saturated rings. The molecular formula is C29H37ClF3N7O2. The molecule has 0 unspecified atom stereocenters. The highest BCUT2D eigenvalue weighted by Crippen LogP contribution is 2.34. The van der Waals surface area contributed by atoms with E-state index < -0.39 is 17.5 Å². The van der Waals surface area contributed by atoms with Crippen LogP contribution in [0.1, 0.15) is 78.6 Å². The minimum Gasteiger partial charge on any atom is -0.444 e. The number of halogens is 4. The monoisotopic (exact) mass is 607 g/mol. The van der Waals surface area contributed by atoms with Crippen LogP contribution < -0.4 is 4.90 Å². The molecule has 1 aliphatic heterocycles. The Hall–Kier alpha value is -3.41. The van der Waals surface area contributed by atoms with Gasteiger partial charge in [0.15, 0.2) is 5.69 Å². The molecule has 0 radical (unpaired) electrons. The average Bonchev–Trinajstić information content (AvgIpc) is 3.33. The van der Waals surface area contributed by atoms with Gasteiger partial charge in [-0.2, -0.15) is 18.2 Å². The molecule has 0 bridgehead atoms. The number of hydrogen-bond donors (Lipinski definition) is 0. The third-order valence-electron chi connectivity index (χ3n) is 7.15. The lowest BCUT2D eigenvalue weighted by Gasteiger charge is -2.46. The fourth-order valence-electron chi connectivity index (χ4n) is 5.34. The largest absolute Gasteiger partial charge is 0.444 e. The number of ether oxygens (including phenoxy) is 1. The molecule has 3 heterocycles. The fraction of sp³-hybridized carbons (Fsp3) is 0.552. The van der Waals surface area contributed by atoms with E-state index in [2.05, 4.69) is 19.9 Å². The first kappa shape index (κ1) is 31.5. The number of carbonyl (C=O) groups is 1. The molecule has 42 heavy (non-hydrogen) atoms. The summed E-state index contributed by atoms with van der Waals surface area (Å²) in [4.78, 5) is 33.3. The number of benzene rings is 1. The van der Waals surface area contributed by atoms with Crippen molar-refractivity contribution in [1.82, 2.24) is 29.4 Å². The number of rotatable bonds is 6. The van der Waals surface area contributed by atoms with Gasteiger partial charge in [0.2, 0.25) is 11.2 Å². The number of likely N-dealkylation sites (tertiary alicyclic amines) is 1. The minimum absolute atomic E-state index is 0.0407. The van der Waals surface area contributed by atoms with Gasteiger partial charge in [0.25, 0.3) is 0 Å². The number of alkyl halides is 3. The second kappa shape index (κ2) is 12.1. The first-order chi connectivity index (χ1) is 19.5. The van der Waals surface area contributed by atoms with Crippen LogP contribution in [0, 0.1) is 0 Å². The number of amides is 1. The quantitative estimate of drug-likeness (QED) is 0.293. The van der Waals surface area contributed by atoms with Crippen LogP contribution in [0.15, 0.2) is 36.8 Å². The van der Waals surface area contributed by atoms with Gasteiger partial charge in [-0.25, -0.2) is 19.7 Å². The Labute approximate surface area is 249 Å². The standard InChI is InChI=1S/C29H37ClF3N7O2/c1-17(2)38-15-23(29(31,32)33)36-24(38)21-10-8-20(9-11-21)14-39(26-35-16-34-25(30)37-26)22-12-18(3)40(19(4)13-22)27(41)42-28(5,6)7/h8-11,15-19,22H,12-14H2,1-7H3/t18-,19-/m0/s1. The molecule has 0 N–H and O–H groups in total. The Morgan fingerprint density at radius 2 is 1.69 bits per heavy atom. The second-order valence-electron chi connectivity index (χ2n) is 12.0. The van der Waals surface area contributed by atoms with Crippen LogP contribution in [0.4, 0.5) is 23.9 Å². The highest BCUT2D eigenvalue weighted by molar-refractivity contribution is 6.28. The van der Waals surface area contributed by atoms with Crippen molar-refractivity contribution in [2.24, 2.45) is 0 Å². The van der Waals surface area contributed by atoms with Crippen molar-refractivity contribution >= 4 is 23.6 Å². The first-order valence-corrected chi connectivity index (χ1v) is 14.3. The molecule has 0 spiro atoms. The topological polar surface area (TPSA) is 89.3 Å². The summed E-state index contributed by atoms with van der Waals surface area (Å²) < 4.78 is 47.4. The van der Waals surface area contributed by atoms with Gasteiger partial charge in [0.1, 0.15) is 17.8 Å². The van der Waals surface area contributed by atoms with E-state index in [-0.39, 0.29) is 41.4 Å². The predicted octanol–water partition coefficient (Wildman–Crippen LogP) is 7.17. The van der Waals surface area contributed by atoms with E-state index in [4.69, 9.17) is 16.3 Å². The number of piperidine rings is 1. The second-order valence-corrected chi connectivity index (χ2v) is 12.4. The molecule has 2 aromatic heterocycles. The Kier molecular flexibility index (Phi) is 9.05. The number of imidazole rings is 1. The summed E-state index contributed by atoms with van der Waals surface area (Å²) in [5, 5.41) is 0.0635. The molecule has 0 saturated carbocycles. The van der Waals surface area contributed by atoms with Gasteiger partial charge in [0, 0.05) is 42.5 Å². The van der Waals surface area contributed by atoms with E-state index in [1.807, 2.05) is 65.5 Å². The molecule has 1 saturated heterocycles. The van der Waals surface area contributed by atoms with E-state index in [1.54, 1.807) is 17.0 Å². The summed E-state index contributed by atoms with van der Waals surface area (Å²) in [6.07, 6.45) is -1.21. The third-order valence-corrected chi connectivity index (χ3v) is 7.33. The minimum atomic E-state index is -4.53. The zero-order valence-electron chi connectivity index (χ0n) is 24.9. The lowest BCUT2D eigenvalue weighted by molar-refractivity contribution is -0.140. The van der Waals surface area contributed by atoms with Crippen LogP contribution in [0.5, 0.6) is 0 Å². The summed E-state index contributed by atoms with van der Waals surface area (Å²) in [6, 6.07) is 6.78. The van der Waals surface area contributed by atoms with Crippen molar-refractivity contribution in [2.45, 2.75) is 104 Å². The number of carbonyl (C=O) groups excluding carboxylic acids is 1. The third kappa shape index (κ3) is 7.32. The Balaban J connectivity index is 1.60. The van der Waals surface area contributed by atoms with Crippen LogP contribution in [0.3, 0.4) is 0 Å². The molecule has 3 aromatic rings. The Morgan fingerprint density at radius 1 is 1.07 bits per heavy atom. The van der Waals surface area contributed by atoms with E-state index in [0.717, 1.165) is 11.8 Å². The molecule has 2 atom stereocenters. The Bertz CT molecular complexity index is 1380. The molecular weight excluding hydrogens is 571 g/mol. The number of anilines is 1. The normalized spacial score (nSPS) is 19.7. The van der Waals surface area contributed by atoms with E-state index in [0.29, 0.717) is 30.9 Å². The molecule has 1 aliphatic rings. The maximum atomic E-state index is 13.4. The molecule has 13 heteroatoms. The highest BCUT2D eigenvalue weighted by Gasteiger charge is 2.39. The van der Waals surface area contributed by atoms with Gasteiger partial charge in [-0.05, 0) is 78.5 Å². The van der Waals surface area contributed by atoms with Crippen molar-refractivity contribution in [3.63, 3.8) is 0 Å². The van der Waals surface area contributed by atoms with E-state index in [1.165, 1.54) is 10.9 Å². The average molecular weight is 608 g/mol. The van der Waals surface area contributed by atoms with Crippen LogP contribution in [0.2, 0.25) is 5.28 Å². The number of nitrogens with zero attached hydrogens (tertiary/aromatic N) is 7. The number of hydrogen-bond acceptors (Lipinski definition) is 7. The Morgan fingerprint density at radius 3 is 2.21 bits per heavy atom. The van der Waals surface area contributed by atoms with Gasteiger partial charge < -0.3 is 19.1 Å². The van der Waals surface area contributed by atoms with Crippen LogP contribution in [-0.2, 0) is 17.5 Å². The summed E-state index contributed by atoms with van der Waals surface area (Å²) in [7, 11) is 0. The lowest BCUT2D eigenvalue weighted by atomic mass is 9.91. The predicted molar refractivity (Wildman–Crippen MR) is 154 cm³/mol. The zero-order valence-corrected chi connectivity index (χ0v) is 25.6.